The van der Waals surface area contributed by atoms with E-state index >= 15 is 0 Å². The van der Waals surface area contributed by atoms with Gasteiger partial charge in [-0.2, -0.15) is 0 Å². The number of halogens is 2. The second kappa shape index (κ2) is 12.0. The van der Waals surface area contributed by atoms with Gasteiger partial charge in [0.25, 0.3) is 5.91 Å². The Morgan fingerprint density at radius 2 is 1.82 bits per heavy atom. The molecular formula is C26H28BrClN2O3. The predicted octanol–water partition coefficient (Wildman–Crippen LogP) is 6.69. The fraction of sp³-hybridized carbons (Fsp3) is 0.269. The summed E-state index contributed by atoms with van der Waals surface area (Å²) in [6.07, 6.45) is 0. The van der Waals surface area contributed by atoms with Crippen molar-refractivity contribution in [2.24, 2.45) is 5.92 Å². The fourth-order valence-corrected chi connectivity index (χ4v) is 3.85. The third kappa shape index (κ3) is 7.41. The molecule has 7 heteroatoms. The first-order chi connectivity index (χ1) is 15.9. The smallest absolute Gasteiger partial charge is 0.251 e. The molecule has 0 heterocycles. The van der Waals surface area contributed by atoms with Gasteiger partial charge in [-0.15, -0.1) is 0 Å². The number of benzene rings is 3. The molecule has 0 bridgehead atoms. The average molecular weight is 532 g/mol. The van der Waals surface area contributed by atoms with Gasteiger partial charge in [0.1, 0.15) is 6.61 Å². The number of methoxy groups -OCH3 is 1. The monoisotopic (exact) mass is 530 g/mol. The zero-order valence-corrected chi connectivity index (χ0v) is 21.3. The van der Waals surface area contributed by atoms with E-state index in [0.717, 1.165) is 21.3 Å². The largest absolute Gasteiger partial charge is 0.493 e. The molecule has 0 fully saturated rings. The van der Waals surface area contributed by atoms with Crippen LogP contribution in [0.3, 0.4) is 0 Å². The van der Waals surface area contributed by atoms with Crippen LogP contribution >= 0.6 is 27.5 Å². The van der Waals surface area contributed by atoms with Crippen LogP contribution in [0.5, 0.6) is 11.5 Å². The Morgan fingerprint density at radius 3 is 2.52 bits per heavy atom. The third-order valence-electron chi connectivity index (χ3n) is 4.88. The van der Waals surface area contributed by atoms with Crippen molar-refractivity contribution in [3.8, 4) is 11.5 Å². The minimum atomic E-state index is -0.0704. The van der Waals surface area contributed by atoms with Crippen molar-refractivity contribution in [3.63, 3.8) is 0 Å². The zero-order valence-electron chi connectivity index (χ0n) is 19.0. The van der Waals surface area contributed by atoms with E-state index in [0.29, 0.717) is 47.7 Å². The summed E-state index contributed by atoms with van der Waals surface area (Å²) in [5.41, 5.74) is 3.51. The van der Waals surface area contributed by atoms with Crippen molar-refractivity contribution >= 4 is 39.1 Å². The maximum absolute atomic E-state index is 12.3. The van der Waals surface area contributed by atoms with Crippen LogP contribution in [0.25, 0.3) is 0 Å². The molecule has 0 saturated carbocycles. The van der Waals surface area contributed by atoms with Gasteiger partial charge in [-0.25, -0.2) is 0 Å². The van der Waals surface area contributed by atoms with Crippen molar-refractivity contribution in [3.05, 3.63) is 86.8 Å². The number of carbonyl (C=O) groups is 1. The summed E-state index contributed by atoms with van der Waals surface area (Å²) in [6, 6.07) is 18.9. The Labute approximate surface area is 208 Å². The molecule has 3 aromatic rings. The van der Waals surface area contributed by atoms with Crippen LogP contribution in [-0.4, -0.2) is 19.6 Å². The fourth-order valence-electron chi connectivity index (χ4n) is 3.12. The zero-order chi connectivity index (χ0) is 23.8. The summed E-state index contributed by atoms with van der Waals surface area (Å²) in [6.45, 7) is 5.74. The highest BCUT2D eigenvalue weighted by Gasteiger charge is 2.13. The summed E-state index contributed by atoms with van der Waals surface area (Å²) in [4.78, 5) is 12.3. The molecule has 0 aliphatic rings. The van der Waals surface area contributed by atoms with Gasteiger partial charge in [0.15, 0.2) is 11.5 Å². The molecule has 0 unspecified atom stereocenters. The summed E-state index contributed by atoms with van der Waals surface area (Å²) < 4.78 is 12.4. The van der Waals surface area contributed by atoms with Gasteiger partial charge < -0.3 is 20.1 Å². The highest BCUT2D eigenvalue weighted by Crippen LogP contribution is 2.37. The van der Waals surface area contributed by atoms with Gasteiger partial charge in [-0.1, -0.05) is 43.6 Å². The maximum atomic E-state index is 12.3. The van der Waals surface area contributed by atoms with Gasteiger partial charge in [-0.05, 0) is 75.4 Å². The maximum Gasteiger partial charge on any atom is 0.251 e. The van der Waals surface area contributed by atoms with Gasteiger partial charge >= 0.3 is 0 Å². The van der Waals surface area contributed by atoms with E-state index in [1.54, 1.807) is 7.11 Å². The second-order valence-electron chi connectivity index (χ2n) is 8.06. The molecule has 0 aromatic heterocycles. The normalized spacial score (nSPS) is 10.7. The molecule has 3 aromatic carbocycles. The van der Waals surface area contributed by atoms with Crippen LogP contribution in [0.1, 0.15) is 35.3 Å². The minimum absolute atomic E-state index is 0.0704. The van der Waals surface area contributed by atoms with Crippen molar-refractivity contribution < 1.29 is 14.3 Å². The first kappa shape index (κ1) is 24.9. The Balaban J connectivity index is 1.66. The van der Waals surface area contributed by atoms with E-state index in [1.807, 2.05) is 60.7 Å². The van der Waals surface area contributed by atoms with E-state index < -0.39 is 0 Å². The minimum Gasteiger partial charge on any atom is -0.493 e. The number of carbonyl (C=O) groups excluding carboxylic acids is 1. The number of anilines is 1. The number of hydrogen-bond donors (Lipinski definition) is 2. The lowest BCUT2D eigenvalue weighted by atomic mass is 10.1. The number of ether oxygens (including phenoxy) is 2. The van der Waals surface area contributed by atoms with Crippen LogP contribution in [0.2, 0.25) is 5.02 Å². The van der Waals surface area contributed by atoms with Gasteiger partial charge in [0, 0.05) is 29.4 Å². The van der Waals surface area contributed by atoms with Crippen LogP contribution in [0.15, 0.2) is 65.1 Å². The molecule has 1 amide bonds. The summed E-state index contributed by atoms with van der Waals surface area (Å²) in [5, 5.41) is 7.01. The van der Waals surface area contributed by atoms with Crippen molar-refractivity contribution in [2.45, 2.75) is 27.0 Å². The van der Waals surface area contributed by atoms with Crippen LogP contribution in [0.4, 0.5) is 5.69 Å². The van der Waals surface area contributed by atoms with Crippen LogP contribution < -0.4 is 20.1 Å². The molecule has 0 aliphatic heterocycles. The molecule has 174 valence electrons. The Hall–Kier alpha value is -2.70. The molecule has 0 saturated heterocycles. The Kier molecular flexibility index (Phi) is 9.03. The van der Waals surface area contributed by atoms with Gasteiger partial charge in [0.05, 0.1) is 11.6 Å². The molecule has 0 atom stereocenters. The topological polar surface area (TPSA) is 59.6 Å². The predicted molar refractivity (Wildman–Crippen MR) is 137 cm³/mol. The molecule has 33 heavy (non-hydrogen) atoms. The summed E-state index contributed by atoms with van der Waals surface area (Å²) in [5.74, 6) is 1.61. The van der Waals surface area contributed by atoms with Crippen LogP contribution in [-0.2, 0) is 13.2 Å². The van der Waals surface area contributed by atoms with E-state index in [1.165, 1.54) is 0 Å². The van der Waals surface area contributed by atoms with Crippen molar-refractivity contribution in [1.82, 2.24) is 5.32 Å². The van der Waals surface area contributed by atoms with E-state index in [9.17, 15) is 4.79 Å². The van der Waals surface area contributed by atoms with Crippen LogP contribution in [0, 0.1) is 5.92 Å². The number of rotatable bonds is 10. The first-order valence-electron chi connectivity index (χ1n) is 10.7. The molecular weight excluding hydrogens is 504 g/mol. The highest BCUT2D eigenvalue weighted by molar-refractivity contribution is 9.10. The number of hydrogen-bond acceptors (Lipinski definition) is 4. The molecule has 3 rings (SSSR count). The number of nitrogens with one attached hydrogen (secondary N) is 2. The molecule has 0 radical (unpaired) electrons. The first-order valence-corrected chi connectivity index (χ1v) is 11.9. The van der Waals surface area contributed by atoms with Crippen molar-refractivity contribution in [1.29, 1.82) is 0 Å². The molecule has 0 aliphatic carbocycles. The average Bonchev–Trinajstić information content (AvgIpc) is 2.81. The number of amides is 1. The molecule has 2 N–H and O–H groups in total. The van der Waals surface area contributed by atoms with Gasteiger partial charge in [-0.3, -0.25) is 4.79 Å². The Bertz CT molecular complexity index is 1090. The standard InChI is InChI=1S/C26H28BrClN2O3/c1-17(2)14-30-26(31)20-5-4-6-22(13-20)29-15-19-11-23(27)25(24(12-19)32-3)33-16-18-7-9-21(28)10-8-18/h4-13,17,29H,14-16H2,1-3H3,(H,30,31). The molecule has 0 spiro atoms. The summed E-state index contributed by atoms with van der Waals surface area (Å²) >= 11 is 9.55. The lowest BCUT2D eigenvalue weighted by Gasteiger charge is -2.15. The van der Waals surface area contributed by atoms with Crippen molar-refractivity contribution in [2.75, 3.05) is 19.0 Å². The SMILES string of the molecule is COc1cc(CNc2cccc(C(=O)NCC(C)C)c2)cc(Br)c1OCc1ccc(Cl)cc1. The van der Waals surface area contributed by atoms with E-state index in [-0.39, 0.29) is 5.91 Å². The van der Waals surface area contributed by atoms with Gasteiger partial charge in [0.2, 0.25) is 0 Å². The second-order valence-corrected chi connectivity index (χ2v) is 9.35. The van der Waals surface area contributed by atoms with E-state index in [2.05, 4.69) is 40.4 Å². The van der Waals surface area contributed by atoms with E-state index in [4.69, 9.17) is 21.1 Å². The summed E-state index contributed by atoms with van der Waals surface area (Å²) in [7, 11) is 1.62. The quantitative estimate of drug-likeness (QED) is 0.306. The highest BCUT2D eigenvalue weighted by atomic mass is 79.9. The lowest BCUT2D eigenvalue weighted by molar-refractivity contribution is 0.0949. The third-order valence-corrected chi connectivity index (χ3v) is 5.72. The molecule has 5 nitrogen and oxygen atoms in total. The lowest BCUT2D eigenvalue weighted by Crippen LogP contribution is -2.27. The Morgan fingerprint density at radius 1 is 1.06 bits per heavy atom.